The molecule has 0 unspecified atom stereocenters. The summed E-state index contributed by atoms with van der Waals surface area (Å²) in [5.74, 6) is -1.91. The molecule has 0 N–H and O–H groups in total. The van der Waals surface area contributed by atoms with E-state index in [0.717, 1.165) is 5.56 Å². The van der Waals surface area contributed by atoms with Gasteiger partial charge in [-0.25, -0.2) is 13.6 Å². The number of esters is 1. The van der Waals surface area contributed by atoms with E-state index in [-0.39, 0.29) is 17.7 Å². The molecular formula is C15H12F2O2. The van der Waals surface area contributed by atoms with E-state index in [9.17, 15) is 13.6 Å². The zero-order valence-electron chi connectivity index (χ0n) is 10.3. The Bertz CT molecular complexity index is 609. The van der Waals surface area contributed by atoms with Crippen molar-refractivity contribution in [1.82, 2.24) is 0 Å². The zero-order chi connectivity index (χ0) is 13.8. The van der Waals surface area contributed by atoms with Crippen LogP contribution in [0.5, 0.6) is 0 Å². The molecule has 0 heterocycles. The van der Waals surface area contributed by atoms with Crippen LogP contribution < -0.4 is 0 Å². The maximum absolute atomic E-state index is 13.5. The van der Waals surface area contributed by atoms with Gasteiger partial charge in [0.1, 0.15) is 18.2 Å². The van der Waals surface area contributed by atoms with Gasteiger partial charge in [-0.3, -0.25) is 0 Å². The third-order valence-electron chi connectivity index (χ3n) is 2.66. The van der Waals surface area contributed by atoms with Crippen molar-refractivity contribution < 1.29 is 18.3 Å². The second-order valence-electron chi connectivity index (χ2n) is 4.15. The molecule has 0 radical (unpaired) electrons. The molecule has 2 aromatic rings. The van der Waals surface area contributed by atoms with Crippen LogP contribution in [0, 0.1) is 18.6 Å². The van der Waals surface area contributed by atoms with E-state index in [1.807, 2.05) is 0 Å². The minimum Gasteiger partial charge on any atom is -0.457 e. The predicted molar refractivity (Wildman–Crippen MR) is 66.7 cm³/mol. The van der Waals surface area contributed by atoms with E-state index in [2.05, 4.69) is 0 Å². The van der Waals surface area contributed by atoms with Gasteiger partial charge in [-0.2, -0.15) is 0 Å². The van der Waals surface area contributed by atoms with Crippen LogP contribution in [0.3, 0.4) is 0 Å². The largest absolute Gasteiger partial charge is 0.457 e. The lowest BCUT2D eigenvalue weighted by Gasteiger charge is -2.07. The molecule has 2 rings (SSSR count). The number of carbonyl (C=O) groups is 1. The third-order valence-corrected chi connectivity index (χ3v) is 2.66. The van der Waals surface area contributed by atoms with E-state index < -0.39 is 17.6 Å². The van der Waals surface area contributed by atoms with Gasteiger partial charge in [0.25, 0.3) is 0 Å². The molecule has 0 saturated heterocycles. The normalized spacial score (nSPS) is 10.3. The average Bonchev–Trinajstić information content (AvgIpc) is 2.40. The highest BCUT2D eigenvalue weighted by Crippen LogP contribution is 2.13. The summed E-state index contributed by atoms with van der Waals surface area (Å²) in [6.07, 6.45) is 0. The second-order valence-corrected chi connectivity index (χ2v) is 4.15. The number of hydrogen-bond donors (Lipinski definition) is 0. The lowest BCUT2D eigenvalue weighted by molar-refractivity contribution is 0.0463. The van der Waals surface area contributed by atoms with Gasteiger partial charge in [0.2, 0.25) is 0 Å². The fourth-order valence-corrected chi connectivity index (χ4v) is 1.63. The van der Waals surface area contributed by atoms with Gasteiger partial charge in [0.05, 0.1) is 5.56 Å². The molecule has 2 aromatic carbocycles. The van der Waals surface area contributed by atoms with Crippen molar-refractivity contribution >= 4 is 5.97 Å². The van der Waals surface area contributed by atoms with Crippen molar-refractivity contribution in [1.29, 1.82) is 0 Å². The van der Waals surface area contributed by atoms with E-state index in [0.29, 0.717) is 0 Å². The van der Waals surface area contributed by atoms with Crippen molar-refractivity contribution in [2.75, 3.05) is 0 Å². The predicted octanol–water partition coefficient (Wildman–Crippen LogP) is 3.63. The first-order valence-corrected chi connectivity index (χ1v) is 5.74. The first-order valence-electron chi connectivity index (χ1n) is 5.74. The Hall–Kier alpha value is -2.23. The van der Waals surface area contributed by atoms with Gasteiger partial charge in [-0.15, -0.1) is 0 Å². The molecule has 0 aliphatic carbocycles. The number of rotatable bonds is 3. The Morgan fingerprint density at radius 2 is 1.84 bits per heavy atom. The summed E-state index contributed by atoms with van der Waals surface area (Å²) >= 11 is 0. The molecule has 4 heteroatoms. The van der Waals surface area contributed by atoms with Crippen molar-refractivity contribution in [3.05, 3.63) is 70.8 Å². The smallest absolute Gasteiger partial charge is 0.341 e. The second kappa shape index (κ2) is 5.61. The number of carbonyl (C=O) groups excluding carboxylic acids is 1. The molecule has 0 spiro atoms. The van der Waals surface area contributed by atoms with Crippen molar-refractivity contribution in [3.63, 3.8) is 0 Å². The van der Waals surface area contributed by atoms with E-state index >= 15 is 0 Å². The minimum absolute atomic E-state index is 0.142. The maximum Gasteiger partial charge on any atom is 0.341 e. The highest BCUT2D eigenvalue weighted by Gasteiger charge is 2.14. The maximum atomic E-state index is 13.5. The summed E-state index contributed by atoms with van der Waals surface area (Å²) in [7, 11) is 0. The summed E-state index contributed by atoms with van der Waals surface area (Å²) < 4.78 is 31.7. The Morgan fingerprint density at radius 3 is 2.58 bits per heavy atom. The number of ether oxygens (including phenoxy) is 1. The fourth-order valence-electron chi connectivity index (χ4n) is 1.63. The lowest BCUT2D eigenvalue weighted by Crippen LogP contribution is -2.08. The molecular weight excluding hydrogens is 250 g/mol. The Labute approximate surface area is 109 Å². The van der Waals surface area contributed by atoms with Crippen LogP contribution >= 0.6 is 0 Å². The summed E-state index contributed by atoms with van der Waals surface area (Å²) in [6.45, 7) is 1.52. The molecule has 19 heavy (non-hydrogen) atoms. The number of halogens is 2. The highest BCUT2D eigenvalue weighted by molar-refractivity contribution is 5.89. The molecule has 0 amide bonds. The van der Waals surface area contributed by atoms with Crippen molar-refractivity contribution in [2.24, 2.45) is 0 Å². The Balaban J connectivity index is 2.10. The van der Waals surface area contributed by atoms with Gasteiger partial charge >= 0.3 is 5.97 Å². The summed E-state index contributed by atoms with van der Waals surface area (Å²) in [6, 6.07) is 10.1. The standard InChI is InChI=1S/C15H12F2O2/c1-10-6-7-14(17)12(8-10)15(18)19-9-11-4-2-3-5-13(11)16/h2-8H,9H2,1H3. The van der Waals surface area contributed by atoms with Crippen LogP contribution in [0.2, 0.25) is 0 Å². The van der Waals surface area contributed by atoms with Gasteiger partial charge in [-0.05, 0) is 25.1 Å². The van der Waals surface area contributed by atoms with Gasteiger partial charge in [0, 0.05) is 5.56 Å². The minimum atomic E-state index is -0.801. The molecule has 0 aliphatic rings. The highest BCUT2D eigenvalue weighted by atomic mass is 19.1. The van der Waals surface area contributed by atoms with Gasteiger partial charge in [-0.1, -0.05) is 29.8 Å². The van der Waals surface area contributed by atoms with Crippen LogP contribution in [0.25, 0.3) is 0 Å². The first-order chi connectivity index (χ1) is 9.08. The molecule has 0 aromatic heterocycles. The number of aryl methyl sites for hydroxylation is 1. The Kier molecular flexibility index (Phi) is 3.90. The molecule has 98 valence electrons. The first kappa shape index (κ1) is 13.2. The lowest BCUT2D eigenvalue weighted by atomic mass is 10.1. The van der Waals surface area contributed by atoms with Crippen LogP contribution in [0.15, 0.2) is 42.5 Å². The Morgan fingerprint density at radius 1 is 1.11 bits per heavy atom. The molecule has 0 saturated carbocycles. The summed E-state index contributed by atoms with van der Waals surface area (Å²) in [4.78, 5) is 11.7. The third kappa shape index (κ3) is 3.16. The average molecular weight is 262 g/mol. The summed E-state index contributed by atoms with van der Waals surface area (Å²) in [5, 5.41) is 0. The zero-order valence-corrected chi connectivity index (χ0v) is 10.3. The molecule has 0 bridgehead atoms. The van der Waals surface area contributed by atoms with Crippen LogP contribution in [0.4, 0.5) is 8.78 Å². The molecule has 2 nitrogen and oxygen atoms in total. The van der Waals surface area contributed by atoms with Crippen molar-refractivity contribution in [2.45, 2.75) is 13.5 Å². The number of benzene rings is 2. The van der Waals surface area contributed by atoms with E-state index in [1.165, 1.54) is 24.3 Å². The molecule has 0 aliphatic heterocycles. The van der Waals surface area contributed by atoms with E-state index in [1.54, 1.807) is 25.1 Å². The van der Waals surface area contributed by atoms with Crippen molar-refractivity contribution in [3.8, 4) is 0 Å². The van der Waals surface area contributed by atoms with Crippen LogP contribution in [-0.4, -0.2) is 5.97 Å². The van der Waals surface area contributed by atoms with Crippen LogP contribution in [-0.2, 0) is 11.3 Å². The van der Waals surface area contributed by atoms with Crippen LogP contribution in [0.1, 0.15) is 21.5 Å². The molecule has 0 atom stereocenters. The number of hydrogen-bond acceptors (Lipinski definition) is 2. The quantitative estimate of drug-likeness (QED) is 0.789. The summed E-state index contributed by atoms with van der Waals surface area (Å²) in [5.41, 5.74) is 0.861. The topological polar surface area (TPSA) is 26.3 Å². The van der Waals surface area contributed by atoms with Gasteiger partial charge in [0.15, 0.2) is 0 Å². The van der Waals surface area contributed by atoms with E-state index in [4.69, 9.17) is 4.74 Å². The molecule has 0 fully saturated rings. The SMILES string of the molecule is Cc1ccc(F)c(C(=O)OCc2ccccc2F)c1. The fraction of sp³-hybridized carbons (Fsp3) is 0.133. The monoisotopic (exact) mass is 262 g/mol. The van der Waals surface area contributed by atoms with Gasteiger partial charge < -0.3 is 4.74 Å².